The molecule has 3 rings (SSSR count). The normalized spacial score (nSPS) is 10.6. The number of nitrogens with zero attached hydrogens (tertiary/aromatic N) is 1. The van der Waals surface area contributed by atoms with Crippen LogP contribution in [0.5, 0.6) is 0 Å². The molecule has 1 heterocycles. The molecular formula is C16H13BrN2. The molecule has 19 heavy (non-hydrogen) atoms. The van der Waals surface area contributed by atoms with Gasteiger partial charge in [-0.3, -0.25) is 0 Å². The van der Waals surface area contributed by atoms with Crippen LogP contribution < -0.4 is 0 Å². The van der Waals surface area contributed by atoms with Gasteiger partial charge in [0.25, 0.3) is 0 Å². The molecule has 0 aliphatic heterocycles. The second kappa shape index (κ2) is 5.02. The molecule has 0 aliphatic carbocycles. The molecule has 0 atom stereocenters. The fourth-order valence-electron chi connectivity index (χ4n) is 2.11. The molecule has 2 aromatic carbocycles. The van der Waals surface area contributed by atoms with Crippen molar-refractivity contribution in [2.24, 2.45) is 0 Å². The van der Waals surface area contributed by atoms with Gasteiger partial charge in [0.15, 0.2) is 0 Å². The van der Waals surface area contributed by atoms with Crippen molar-refractivity contribution < 1.29 is 0 Å². The minimum Gasteiger partial charge on any atom is -0.342 e. The van der Waals surface area contributed by atoms with Gasteiger partial charge in [-0.25, -0.2) is 4.98 Å². The highest BCUT2D eigenvalue weighted by atomic mass is 79.9. The number of benzene rings is 2. The van der Waals surface area contributed by atoms with Gasteiger partial charge >= 0.3 is 0 Å². The lowest BCUT2D eigenvalue weighted by Crippen LogP contribution is -1.81. The average molecular weight is 313 g/mol. The van der Waals surface area contributed by atoms with E-state index in [-0.39, 0.29) is 0 Å². The van der Waals surface area contributed by atoms with Crippen LogP contribution in [0.3, 0.4) is 0 Å². The molecule has 2 nitrogen and oxygen atoms in total. The van der Waals surface area contributed by atoms with Crippen LogP contribution >= 0.6 is 15.9 Å². The quantitative estimate of drug-likeness (QED) is 0.722. The van der Waals surface area contributed by atoms with E-state index in [1.165, 1.54) is 0 Å². The SMILES string of the molecule is Cc1[nH]c(-c2ccccc2)nc1-c1cccc(Br)c1. The van der Waals surface area contributed by atoms with E-state index in [2.05, 4.69) is 52.1 Å². The maximum atomic E-state index is 4.72. The van der Waals surface area contributed by atoms with Gasteiger partial charge in [-0.15, -0.1) is 0 Å². The van der Waals surface area contributed by atoms with Crippen LogP contribution in [-0.4, -0.2) is 9.97 Å². The molecule has 0 saturated heterocycles. The lowest BCUT2D eigenvalue weighted by atomic mass is 10.1. The van der Waals surface area contributed by atoms with E-state index >= 15 is 0 Å². The lowest BCUT2D eigenvalue weighted by Gasteiger charge is -1.98. The fourth-order valence-corrected chi connectivity index (χ4v) is 2.51. The Labute approximate surface area is 120 Å². The van der Waals surface area contributed by atoms with E-state index in [9.17, 15) is 0 Å². The Morgan fingerprint density at radius 3 is 2.42 bits per heavy atom. The van der Waals surface area contributed by atoms with Crippen molar-refractivity contribution in [2.45, 2.75) is 6.92 Å². The van der Waals surface area contributed by atoms with Crippen LogP contribution in [0.2, 0.25) is 0 Å². The Morgan fingerprint density at radius 2 is 1.68 bits per heavy atom. The number of hydrogen-bond acceptors (Lipinski definition) is 1. The zero-order valence-electron chi connectivity index (χ0n) is 10.5. The standard InChI is InChI=1S/C16H13BrN2/c1-11-15(13-8-5-9-14(17)10-13)19-16(18-11)12-6-3-2-4-7-12/h2-10H,1H3,(H,18,19). The predicted octanol–water partition coefficient (Wildman–Crippen LogP) is 4.81. The topological polar surface area (TPSA) is 28.7 Å². The van der Waals surface area contributed by atoms with Crippen LogP contribution in [0.25, 0.3) is 22.6 Å². The molecule has 0 radical (unpaired) electrons. The smallest absolute Gasteiger partial charge is 0.138 e. The minimum atomic E-state index is 0.910. The van der Waals surface area contributed by atoms with Crippen LogP contribution in [-0.2, 0) is 0 Å². The zero-order valence-corrected chi connectivity index (χ0v) is 12.1. The van der Waals surface area contributed by atoms with Gasteiger partial charge < -0.3 is 4.98 Å². The summed E-state index contributed by atoms with van der Waals surface area (Å²) in [5.74, 6) is 0.910. The molecule has 0 bridgehead atoms. The average Bonchev–Trinajstić information content (AvgIpc) is 2.82. The Morgan fingerprint density at radius 1 is 0.947 bits per heavy atom. The van der Waals surface area contributed by atoms with Crippen molar-refractivity contribution in [2.75, 3.05) is 0 Å². The summed E-state index contributed by atoms with van der Waals surface area (Å²) in [6.45, 7) is 2.05. The molecule has 0 aliphatic rings. The highest BCUT2D eigenvalue weighted by Crippen LogP contribution is 2.27. The second-order valence-electron chi connectivity index (χ2n) is 4.44. The van der Waals surface area contributed by atoms with E-state index < -0.39 is 0 Å². The molecule has 1 N–H and O–H groups in total. The summed E-state index contributed by atoms with van der Waals surface area (Å²) in [5.41, 5.74) is 4.30. The van der Waals surface area contributed by atoms with Crippen LogP contribution in [0.4, 0.5) is 0 Å². The minimum absolute atomic E-state index is 0.910. The van der Waals surface area contributed by atoms with E-state index in [4.69, 9.17) is 4.98 Å². The monoisotopic (exact) mass is 312 g/mol. The van der Waals surface area contributed by atoms with E-state index in [0.717, 1.165) is 32.8 Å². The fraction of sp³-hybridized carbons (Fsp3) is 0.0625. The summed E-state index contributed by atoms with van der Waals surface area (Å²) in [7, 11) is 0. The largest absolute Gasteiger partial charge is 0.342 e. The maximum Gasteiger partial charge on any atom is 0.138 e. The highest BCUT2D eigenvalue weighted by molar-refractivity contribution is 9.10. The first-order valence-corrected chi connectivity index (χ1v) is 6.91. The van der Waals surface area contributed by atoms with Gasteiger partial charge in [0.05, 0.1) is 5.69 Å². The molecule has 0 unspecified atom stereocenters. The number of H-pyrrole nitrogens is 1. The second-order valence-corrected chi connectivity index (χ2v) is 5.35. The van der Waals surface area contributed by atoms with Crippen molar-refractivity contribution >= 4 is 15.9 Å². The summed E-state index contributed by atoms with van der Waals surface area (Å²) in [6.07, 6.45) is 0. The van der Waals surface area contributed by atoms with Gasteiger partial charge in [-0.2, -0.15) is 0 Å². The molecule has 1 aromatic heterocycles. The first-order valence-electron chi connectivity index (χ1n) is 6.12. The number of aromatic nitrogens is 2. The number of halogens is 1. The van der Waals surface area contributed by atoms with E-state index in [1.54, 1.807) is 0 Å². The molecule has 0 fully saturated rings. The number of aromatic amines is 1. The third-order valence-electron chi connectivity index (χ3n) is 3.03. The van der Waals surface area contributed by atoms with Crippen molar-refractivity contribution in [3.05, 3.63) is 64.8 Å². The number of rotatable bonds is 2. The Kier molecular flexibility index (Phi) is 3.22. The first-order chi connectivity index (χ1) is 9.24. The predicted molar refractivity (Wildman–Crippen MR) is 81.9 cm³/mol. The summed E-state index contributed by atoms with van der Waals surface area (Å²) >= 11 is 3.50. The molecule has 0 spiro atoms. The number of nitrogens with one attached hydrogen (secondary N) is 1. The van der Waals surface area contributed by atoms with Gasteiger partial charge in [0.1, 0.15) is 5.82 Å². The molecule has 3 aromatic rings. The van der Waals surface area contributed by atoms with Gasteiger partial charge in [-0.1, -0.05) is 58.4 Å². The molecule has 0 amide bonds. The van der Waals surface area contributed by atoms with Crippen LogP contribution in [0.15, 0.2) is 59.1 Å². The lowest BCUT2D eigenvalue weighted by molar-refractivity contribution is 1.26. The van der Waals surface area contributed by atoms with E-state index in [1.807, 2.05) is 30.3 Å². The van der Waals surface area contributed by atoms with E-state index in [0.29, 0.717) is 0 Å². The highest BCUT2D eigenvalue weighted by Gasteiger charge is 2.10. The third-order valence-corrected chi connectivity index (χ3v) is 3.52. The van der Waals surface area contributed by atoms with Crippen molar-refractivity contribution in [3.63, 3.8) is 0 Å². The van der Waals surface area contributed by atoms with Crippen LogP contribution in [0, 0.1) is 6.92 Å². The Hall–Kier alpha value is -1.87. The summed E-state index contributed by atoms with van der Waals surface area (Å²) < 4.78 is 1.06. The van der Waals surface area contributed by atoms with Gasteiger partial charge in [-0.05, 0) is 19.1 Å². The number of hydrogen-bond donors (Lipinski definition) is 1. The number of aryl methyl sites for hydroxylation is 1. The Balaban J connectivity index is 2.08. The Bertz CT molecular complexity index is 702. The molecule has 94 valence electrons. The van der Waals surface area contributed by atoms with Crippen LogP contribution in [0.1, 0.15) is 5.69 Å². The van der Waals surface area contributed by atoms with Gasteiger partial charge in [0.2, 0.25) is 0 Å². The third kappa shape index (κ3) is 2.47. The first kappa shape index (κ1) is 12.2. The van der Waals surface area contributed by atoms with Crippen molar-refractivity contribution in [1.82, 2.24) is 9.97 Å². The summed E-state index contributed by atoms with van der Waals surface area (Å²) in [5, 5.41) is 0. The molecule has 3 heteroatoms. The molecule has 0 saturated carbocycles. The summed E-state index contributed by atoms with van der Waals surface area (Å²) in [4.78, 5) is 8.07. The van der Waals surface area contributed by atoms with Gasteiger partial charge in [0, 0.05) is 21.3 Å². The summed E-state index contributed by atoms with van der Waals surface area (Å²) in [6, 6.07) is 18.4. The number of imidazole rings is 1. The van der Waals surface area contributed by atoms with Crippen molar-refractivity contribution in [3.8, 4) is 22.6 Å². The maximum absolute atomic E-state index is 4.72. The molecular weight excluding hydrogens is 300 g/mol. The van der Waals surface area contributed by atoms with Crippen molar-refractivity contribution in [1.29, 1.82) is 0 Å². The zero-order chi connectivity index (χ0) is 13.2.